The van der Waals surface area contributed by atoms with Gasteiger partial charge in [0.05, 0.1) is 10.0 Å². The van der Waals surface area contributed by atoms with Crippen LogP contribution in [0, 0.1) is 6.92 Å². The summed E-state index contributed by atoms with van der Waals surface area (Å²) in [5.74, 6) is 0. The van der Waals surface area contributed by atoms with Gasteiger partial charge in [0.2, 0.25) is 0 Å². The molecule has 0 bridgehead atoms. The van der Waals surface area contributed by atoms with Gasteiger partial charge in [-0.05, 0) is 37.0 Å². The average molecular weight is 234 g/mol. The van der Waals surface area contributed by atoms with Gasteiger partial charge >= 0.3 is 0 Å². The van der Waals surface area contributed by atoms with E-state index in [-0.39, 0.29) is 0 Å². The van der Waals surface area contributed by atoms with Crippen molar-refractivity contribution in [1.29, 1.82) is 0 Å². The molecule has 0 radical (unpaired) electrons. The van der Waals surface area contributed by atoms with Crippen LogP contribution in [-0.2, 0) is 6.54 Å². The first-order valence-corrected chi connectivity index (χ1v) is 5.49. The number of hydrogen-bond donors (Lipinski definition) is 0. The number of hydrogen-bond acceptors (Lipinski definition) is 2. The quantitative estimate of drug-likeness (QED) is 0.629. The summed E-state index contributed by atoms with van der Waals surface area (Å²) in [5, 5.41) is 1.38. The van der Waals surface area contributed by atoms with Gasteiger partial charge in [0, 0.05) is 11.4 Å². The summed E-state index contributed by atoms with van der Waals surface area (Å²) in [6, 6.07) is 2.11. The first-order valence-electron chi connectivity index (χ1n) is 3.96. The monoisotopic (exact) mass is 233 g/mol. The van der Waals surface area contributed by atoms with Crippen molar-refractivity contribution in [3.63, 3.8) is 0 Å². The molecule has 0 aliphatic carbocycles. The highest BCUT2D eigenvalue weighted by atomic mass is 35.5. The van der Waals surface area contributed by atoms with Crippen molar-refractivity contribution < 1.29 is 0 Å². The van der Waals surface area contributed by atoms with E-state index < -0.39 is 0 Å². The van der Waals surface area contributed by atoms with Gasteiger partial charge in [-0.3, -0.25) is 0 Å². The van der Waals surface area contributed by atoms with Crippen LogP contribution in [0.15, 0.2) is 11.0 Å². The summed E-state index contributed by atoms with van der Waals surface area (Å²) >= 11 is 13.8. The fourth-order valence-electron chi connectivity index (χ4n) is 1.45. The van der Waals surface area contributed by atoms with E-state index in [0.29, 0.717) is 10.0 Å². The van der Waals surface area contributed by atoms with Crippen molar-refractivity contribution in [3.05, 3.63) is 27.2 Å². The molecule has 70 valence electrons. The Hall–Kier alpha value is 0.110. The highest BCUT2D eigenvalue weighted by molar-refractivity contribution is 7.97. The Morgan fingerprint density at radius 3 is 2.77 bits per heavy atom. The van der Waals surface area contributed by atoms with Crippen LogP contribution in [0.4, 0.5) is 0 Å². The fraction of sp³-hybridized carbons (Fsp3) is 0.333. The van der Waals surface area contributed by atoms with E-state index in [1.54, 1.807) is 11.9 Å². The molecule has 0 fully saturated rings. The van der Waals surface area contributed by atoms with Crippen LogP contribution in [0.3, 0.4) is 0 Å². The Bertz CT molecular complexity index is 365. The van der Waals surface area contributed by atoms with Crippen LogP contribution in [0.2, 0.25) is 10.0 Å². The van der Waals surface area contributed by atoms with Crippen molar-refractivity contribution >= 4 is 35.1 Å². The van der Waals surface area contributed by atoms with E-state index in [2.05, 4.69) is 10.4 Å². The zero-order valence-electron chi connectivity index (χ0n) is 7.40. The van der Waals surface area contributed by atoms with E-state index in [4.69, 9.17) is 23.2 Å². The number of benzene rings is 1. The van der Waals surface area contributed by atoms with E-state index in [1.165, 1.54) is 5.56 Å². The number of aryl methyl sites for hydroxylation is 1. The van der Waals surface area contributed by atoms with Crippen molar-refractivity contribution in [1.82, 2.24) is 4.31 Å². The third-order valence-electron chi connectivity index (χ3n) is 2.06. The first kappa shape index (κ1) is 9.66. The van der Waals surface area contributed by atoms with Gasteiger partial charge in [-0.15, -0.1) is 0 Å². The van der Waals surface area contributed by atoms with E-state index in [9.17, 15) is 0 Å². The summed E-state index contributed by atoms with van der Waals surface area (Å²) in [4.78, 5) is 1.11. The summed E-state index contributed by atoms with van der Waals surface area (Å²) < 4.78 is 2.15. The van der Waals surface area contributed by atoms with Gasteiger partial charge < -0.3 is 0 Å². The number of rotatable bonds is 0. The molecule has 0 amide bonds. The molecule has 1 aromatic carbocycles. The molecule has 0 aromatic heterocycles. The molecule has 2 rings (SSSR count). The lowest BCUT2D eigenvalue weighted by atomic mass is 10.1. The van der Waals surface area contributed by atoms with Crippen LogP contribution in [-0.4, -0.2) is 11.4 Å². The third kappa shape index (κ3) is 1.57. The van der Waals surface area contributed by atoms with Gasteiger partial charge in [0.25, 0.3) is 0 Å². The minimum absolute atomic E-state index is 0.684. The standard InChI is InChI=1S/C9H9Cl2NS/c1-5-3-6-4-12(2)13-9(6)8(11)7(5)10/h3H,4H2,1-2H3. The van der Waals surface area contributed by atoms with Crippen LogP contribution < -0.4 is 0 Å². The summed E-state index contributed by atoms with van der Waals surface area (Å²) in [7, 11) is 2.05. The molecular formula is C9H9Cl2NS. The molecule has 1 aliphatic heterocycles. The maximum Gasteiger partial charge on any atom is 0.0747 e. The maximum atomic E-state index is 6.13. The van der Waals surface area contributed by atoms with Crippen LogP contribution in [0.5, 0.6) is 0 Å². The van der Waals surface area contributed by atoms with Crippen molar-refractivity contribution in [2.75, 3.05) is 7.05 Å². The van der Waals surface area contributed by atoms with Crippen LogP contribution >= 0.6 is 35.1 Å². The SMILES string of the molecule is Cc1cc2c(c(Cl)c1Cl)SN(C)C2. The van der Waals surface area contributed by atoms with E-state index in [0.717, 1.165) is 17.0 Å². The fourth-order valence-corrected chi connectivity index (χ4v) is 2.97. The van der Waals surface area contributed by atoms with Crippen molar-refractivity contribution in [2.24, 2.45) is 0 Å². The lowest BCUT2D eigenvalue weighted by molar-refractivity contribution is 0.581. The average Bonchev–Trinajstić information content (AvgIpc) is 2.42. The largest absolute Gasteiger partial charge is 0.245 e. The normalized spacial score (nSPS) is 16.3. The molecule has 0 saturated heterocycles. The highest BCUT2D eigenvalue weighted by Crippen LogP contribution is 2.43. The van der Waals surface area contributed by atoms with Gasteiger partial charge in [-0.2, -0.15) is 0 Å². The smallest absolute Gasteiger partial charge is 0.0747 e. The second-order valence-corrected chi connectivity index (χ2v) is 5.16. The number of nitrogens with zero attached hydrogens (tertiary/aromatic N) is 1. The number of fused-ring (bicyclic) bond motifs is 1. The minimum atomic E-state index is 0.684. The topological polar surface area (TPSA) is 3.24 Å². The molecule has 0 atom stereocenters. The Kier molecular flexibility index (Phi) is 2.49. The molecule has 0 spiro atoms. The Balaban J connectivity index is 2.60. The number of halogens is 2. The van der Waals surface area contributed by atoms with Gasteiger partial charge in [-0.1, -0.05) is 29.3 Å². The van der Waals surface area contributed by atoms with Gasteiger partial charge in [0.15, 0.2) is 0 Å². The molecule has 1 aromatic rings. The third-order valence-corrected chi connectivity index (χ3v) is 4.22. The summed E-state index contributed by atoms with van der Waals surface area (Å²) in [6.45, 7) is 2.93. The van der Waals surface area contributed by atoms with Crippen molar-refractivity contribution in [3.8, 4) is 0 Å². The Morgan fingerprint density at radius 2 is 2.08 bits per heavy atom. The molecular weight excluding hydrogens is 225 g/mol. The molecule has 0 unspecified atom stereocenters. The maximum absolute atomic E-state index is 6.13. The van der Waals surface area contributed by atoms with E-state index >= 15 is 0 Å². The second kappa shape index (κ2) is 3.35. The summed E-state index contributed by atoms with van der Waals surface area (Å²) in [5.41, 5.74) is 2.33. The Labute approximate surface area is 92.1 Å². The van der Waals surface area contributed by atoms with Crippen LogP contribution in [0.25, 0.3) is 0 Å². The van der Waals surface area contributed by atoms with Crippen LogP contribution in [0.1, 0.15) is 11.1 Å². The molecule has 4 heteroatoms. The molecule has 1 nitrogen and oxygen atoms in total. The van der Waals surface area contributed by atoms with Gasteiger partial charge in [-0.25, -0.2) is 4.31 Å². The zero-order valence-corrected chi connectivity index (χ0v) is 9.72. The zero-order chi connectivity index (χ0) is 9.59. The summed E-state index contributed by atoms with van der Waals surface area (Å²) in [6.07, 6.45) is 0. The lowest BCUT2D eigenvalue weighted by Crippen LogP contribution is -1.99. The predicted octanol–water partition coefficient (Wildman–Crippen LogP) is 3.75. The predicted molar refractivity (Wildman–Crippen MR) is 58.5 cm³/mol. The Morgan fingerprint density at radius 1 is 1.38 bits per heavy atom. The molecule has 0 saturated carbocycles. The minimum Gasteiger partial charge on any atom is -0.245 e. The van der Waals surface area contributed by atoms with E-state index in [1.807, 2.05) is 14.0 Å². The van der Waals surface area contributed by atoms with Gasteiger partial charge in [0.1, 0.15) is 0 Å². The molecule has 13 heavy (non-hydrogen) atoms. The van der Waals surface area contributed by atoms with Crippen molar-refractivity contribution in [2.45, 2.75) is 18.4 Å². The lowest BCUT2D eigenvalue weighted by Gasteiger charge is -2.05. The highest BCUT2D eigenvalue weighted by Gasteiger charge is 2.22. The molecule has 1 aliphatic rings. The first-order chi connectivity index (χ1) is 6.09. The second-order valence-electron chi connectivity index (χ2n) is 3.19. The molecule has 0 N–H and O–H groups in total. The molecule has 1 heterocycles.